The summed E-state index contributed by atoms with van der Waals surface area (Å²) >= 11 is 0. The summed E-state index contributed by atoms with van der Waals surface area (Å²) in [4.78, 5) is 2.50. The van der Waals surface area contributed by atoms with Gasteiger partial charge in [0.2, 0.25) is 0 Å². The Morgan fingerprint density at radius 3 is 1.60 bits per heavy atom. The standard InChI is InChI=1S/C2H5N.2ClH/c1-3-2;;/h1H2,2H3;2*1H. The third-order valence-electron chi connectivity index (χ3n) is 0. The van der Waals surface area contributed by atoms with Crippen LogP contribution in [0.15, 0.2) is 0 Å². The predicted octanol–water partition coefficient (Wildman–Crippen LogP) is -4.18. The van der Waals surface area contributed by atoms with Gasteiger partial charge >= 0.3 is 0 Å². The van der Waals surface area contributed by atoms with Gasteiger partial charge in [-0.2, -0.15) is 0 Å². The van der Waals surface area contributed by atoms with E-state index in [2.05, 4.69) is 11.7 Å². The van der Waals surface area contributed by atoms with Crippen molar-refractivity contribution in [3.63, 3.8) is 0 Å². The highest BCUT2D eigenvalue weighted by Gasteiger charge is 1.18. The topological polar surface area (TPSA) is 14.0 Å². The molecule has 0 aliphatic carbocycles. The normalized spacial score (nSPS) is 2.60. The summed E-state index contributed by atoms with van der Waals surface area (Å²) in [5, 5.41) is 0. The lowest BCUT2D eigenvalue weighted by Crippen LogP contribution is -3.00. The van der Waals surface area contributed by atoms with Gasteiger partial charge in [-0.1, -0.05) is 0 Å². The molecular formula is C2H7Cl2N. The van der Waals surface area contributed by atoms with Gasteiger partial charge in [-0.3, -0.25) is 4.99 Å². The zero-order valence-corrected chi connectivity index (χ0v) is 4.57. The first-order valence-corrected chi connectivity index (χ1v) is 0.854. The molecule has 1 nitrogen and oxygen atoms in total. The molecule has 0 amide bonds. The Balaban J connectivity index is -0.0000000200. The summed E-state index contributed by atoms with van der Waals surface area (Å²) in [6.45, 7) is 3.24. The van der Waals surface area contributed by atoms with Gasteiger partial charge in [0.05, 0.1) is 0 Å². The van der Waals surface area contributed by atoms with Crippen LogP contribution in [0, 0.1) is 0 Å². The van der Waals surface area contributed by atoms with Crippen LogP contribution in [-0.2, 0) is 0 Å². The Bertz CT molecular complexity index is 15.1. The molecule has 0 aromatic carbocycles. The highest BCUT2D eigenvalue weighted by molar-refractivity contribution is 5.85. The van der Waals surface area contributed by atoms with E-state index in [-0.39, 0.29) is 24.8 Å². The molecule has 0 unspecified atom stereocenters. The van der Waals surface area contributed by atoms with Gasteiger partial charge in [0.15, 0.2) is 0 Å². The second-order valence-electron chi connectivity index (χ2n) is 0.354. The van der Waals surface area contributed by atoms with Crippen molar-refractivity contribution in [2.24, 2.45) is 0 Å². The van der Waals surface area contributed by atoms with Crippen LogP contribution in [0.2, 0.25) is 0 Å². The van der Waals surface area contributed by atoms with E-state index < -0.39 is 0 Å². The summed E-state index contributed by atoms with van der Waals surface area (Å²) < 4.78 is 0. The number of nitrogens with one attached hydrogen (secondary N) is 1. The van der Waals surface area contributed by atoms with Crippen LogP contribution in [0.25, 0.3) is 0 Å². The molecular weight excluding hydrogens is 109 g/mol. The van der Waals surface area contributed by atoms with E-state index in [0.29, 0.717) is 0 Å². The summed E-state index contributed by atoms with van der Waals surface area (Å²) in [5.41, 5.74) is 0. The average Bonchev–Trinajstić information content (AvgIpc) is 0.918. The molecule has 34 valence electrons. The van der Waals surface area contributed by atoms with Crippen molar-refractivity contribution in [1.82, 2.24) is 0 Å². The van der Waals surface area contributed by atoms with E-state index in [1.807, 2.05) is 0 Å². The third kappa shape index (κ3) is 344. The summed E-state index contributed by atoms with van der Waals surface area (Å²) in [6, 6.07) is 0. The summed E-state index contributed by atoms with van der Waals surface area (Å²) in [6.07, 6.45) is 0. The van der Waals surface area contributed by atoms with Gasteiger partial charge < -0.3 is 12.4 Å². The van der Waals surface area contributed by atoms with Crippen LogP contribution in [0.3, 0.4) is 0 Å². The molecule has 0 fully saturated rings. The van der Waals surface area contributed by atoms with Crippen LogP contribution < -0.4 is 17.4 Å². The first kappa shape index (κ1) is 18.7. The predicted molar refractivity (Wildman–Crippen MR) is 21.3 cm³/mol. The van der Waals surface area contributed by atoms with Gasteiger partial charge in [-0.25, -0.2) is 0 Å². The molecule has 1 N–H and O–H groups in total. The Morgan fingerprint density at radius 2 is 1.60 bits per heavy atom. The molecule has 5 heavy (non-hydrogen) atoms. The Labute approximate surface area is 44.3 Å². The summed E-state index contributed by atoms with van der Waals surface area (Å²) in [7, 11) is 1.76. The van der Waals surface area contributed by atoms with Gasteiger partial charge in [0, 0.05) is 0 Å². The fraction of sp³-hybridized carbons (Fsp3) is 0.500. The SMILES string of the molecule is C=[NH+]C.Cl.[Cl-]. The van der Waals surface area contributed by atoms with Crippen molar-refractivity contribution < 1.29 is 17.4 Å². The van der Waals surface area contributed by atoms with E-state index in [4.69, 9.17) is 0 Å². The molecule has 0 aliphatic rings. The molecule has 0 heterocycles. The smallest absolute Gasteiger partial charge is 0.130 e. The molecule has 0 rings (SSSR count). The quantitative estimate of drug-likeness (QED) is 0.309. The van der Waals surface area contributed by atoms with Gasteiger partial charge in [-0.05, 0) is 0 Å². The number of hydrogen-bond donors (Lipinski definition) is 1. The van der Waals surface area contributed by atoms with Crippen molar-refractivity contribution in [2.75, 3.05) is 7.05 Å². The summed E-state index contributed by atoms with van der Waals surface area (Å²) in [5.74, 6) is 0. The molecule has 3 heteroatoms. The zero-order valence-electron chi connectivity index (χ0n) is 2.99. The van der Waals surface area contributed by atoms with Crippen molar-refractivity contribution in [3.8, 4) is 0 Å². The number of hydrogen-bond acceptors (Lipinski definition) is 0. The van der Waals surface area contributed by atoms with E-state index in [1.54, 1.807) is 7.05 Å². The second-order valence-corrected chi connectivity index (χ2v) is 0.354. The maximum atomic E-state index is 3.24. The molecule has 0 aromatic heterocycles. The monoisotopic (exact) mass is 115 g/mol. The van der Waals surface area contributed by atoms with Crippen molar-refractivity contribution in [2.45, 2.75) is 0 Å². The van der Waals surface area contributed by atoms with Gasteiger partial charge in [0.1, 0.15) is 13.8 Å². The van der Waals surface area contributed by atoms with Crippen molar-refractivity contribution in [1.29, 1.82) is 0 Å². The molecule has 0 saturated heterocycles. The van der Waals surface area contributed by atoms with Crippen LogP contribution in [-0.4, -0.2) is 13.8 Å². The van der Waals surface area contributed by atoms with E-state index in [1.165, 1.54) is 0 Å². The maximum Gasteiger partial charge on any atom is 0.130 e. The highest BCUT2D eigenvalue weighted by Crippen LogP contribution is 0.690. The van der Waals surface area contributed by atoms with E-state index in [0.717, 1.165) is 0 Å². The molecule has 0 aromatic rings. The Kier molecular flexibility index (Phi) is 108. The largest absolute Gasteiger partial charge is 1.00 e. The molecule has 0 bridgehead atoms. The van der Waals surface area contributed by atoms with Crippen molar-refractivity contribution in [3.05, 3.63) is 0 Å². The van der Waals surface area contributed by atoms with Crippen LogP contribution in [0.4, 0.5) is 0 Å². The van der Waals surface area contributed by atoms with Crippen molar-refractivity contribution >= 4 is 19.1 Å². The molecule has 0 saturated carbocycles. The van der Waals surface area contributed by atoms with Crippen LogP contribution in [0.1, 0.15) is 0 Å². The number of halogens is 2. The van der Waals surface area contributed by atoms with E-state index in [9.17, 15) is 0 Å². The highest BCUT2D eigenvalue weighted by atomic mass is 35.5. The minimum Gasteiger partial charge on any atom is -1.00 e. The van der Waals surface area contributed by atoms with Gasteiger partial charge in [0.25, 0.3) is 0 Å². The minimum atomic E-state index is 0. The number of rotatable bonds is 0. The molecule has 0 atom stereocenters. The first-order chi connectivity index (χ1) is 1.41. The van der Waals surface area contributed by atoms with Crippen LogP contribution >= 0.6 is 12.4 Å². The zero-order chi connectivity index (χ0) is 2.71. The second kappa shape index (κ2) is 28.7. The molecule has 0 radical (unpaired) electrons. The lowest BCUT2D eigenvalue weighted by atomic mass is 11.4. The first-order valence-electron chi connectivity index (χ1n) is 0.854. The third-order valence-corrected chi connectivity index (χ3v) is 0. The van der Waals surface area contributed by atoms with Gasteiger partial charge in [-0.15, -0.1) is 12.4 Å². The maximum absolute atomic E-state index is 3.24. The van der Waals surface area contributed by atoms with E-state index >= 15 is 0 Å². The lowest BCUT2D eigenvalue weighted by Gasteiger charge is -1.30. The van der Waals surface area contributed by atoms with Crippen LogP contribution in [0.5, 0.6) is 0 Å². The molecule has 0 aliphatic heterocycles. The fourth-order valence-electron chi connectivity index (χ4n) is 0. The Morgan fingerprint density at radius 1 is 1.60 bits per heavy atom. The Hall–Kier alpha value is 0.250. The fourth-order valence-corrected chi connectivity index (χ4v) is 0. The molecule has 0 spiro atoms. The average molecular weight is 116 g/mol. The lowest BCUT2D eigenvalue weighted by molar-refractivity contribution is -0.409. The minimum absolute atomic E-state index is 0.